The molecule has 0 aliphatic heterocycles. The third-order valence-electron chi connectivity index (χ3n) is 2.83. The summed E-state index contributed by atoms with van der Waals surface area (Å²) in [5.41, 5.74) is 0.882. The van der Waals surface area contributed by atoms with E-state index in [1.165, 1.54) is 11.3 Å². The van der Waals surface area contributed by atoms with Crippen LogP contribution in [0.1, 0.15) is 21.1 Å². The number of halogens is 1. The highest BCUT2D eigenvalue weighted by Crippen LogP contribution is 2.28. The lowest BCUT2D eigenvalue weighted by molar-refractivity contribution is 0.0922. The zero-order chi connectivity index (χ0) is 14.8. The van der Waals surface area contributed by atoms with E-state index < -0.39 is 0 Å². The molecule has 0 unspecified atom stereocenters. The van der Waals surface area contributed by atoms with Crippen LogP contribution in [0.2, 0.25) is 0 Å². The topological polar surface area (TPSA) is 68.3 Å². The van der Waals surface area contributed by atoms with E-state index in [1.54, 1.807) is 18.4 Å². The molecule has 3 aromatic rings. The predicted molar refractivity (Wildman–Crippen MR) is 82.1 cm³/mol. The first-order valence-electron chi connectivity index (χ1n) is 6.17. The van der Waals surface area contributed by atoms with Gasteiger partial charge in [0.1, 0.15) is 0 Å². The highest BCUT2D eigenvalue weighted by Gasteiger charge is 2.14. The minimum atomic E-state index is -0.256. The summed E-state index contributed by atoms with van der Waals surface area (Å²) in [6.07, 6.45) is 1.61. The number of thiazole rings is 1. The molecule has 3 rings (SSSR count). The fourth-order valence-electron chi connectivity index (χ4n) is 1.78. The van der Waals surface area contributed by atoms with E-state index in [0.29, 0.717) is 11.2 Å². The Bertz CT molecular complexity index is 761. The molecule has 7 heteroatoms. The fraction of sp³-hybridized carbons (Fsp3) is 0.143. The Balaban J connectivity index is 1.69. The molecule has 108 valence electrons. The maximum Gasteiger partial charge on any atom is 0.287 e. The molecule has 0 aliphatic rings. The molecular weight excluding hydrogens is 356 g/mol. The first-order chi connectivity index (χ1) is 10.1. The van der Waals surface area contributed by atoms with E-state index in [-0.39, 0.29) is 11.7 Å². The van der Waals surface area contributed by atoms with Crippen molar-refractivity contribution < 1.29 is 13.6 Å². The Kier molecular flexibility index (Phi) is 3.94. The zero-order valence-electron chi connectivity index (χ0n) is 11.1. The van der Waals surface area contributed by atoms with E-state index in [0.717, 1.165) is 21.3 Å². The second-order valence-corrected chi connectivity index (χ2v) is 6.16. The average Bonchev–Trinajstić information content (AvgIpc) is 3.16. The van der Waals surface area contributed by atoms with Gasteiger partial charge in [0.2, 0.25) is 0 Å². The molecule has 0 aromatic carbocycles. The van der Waals surface area contributed by atoms with Gasteiger partial charge in [0.25, 0.3) is 5.91 Å². The van der Waals surface area contributed by atoms with E-state index in [9.17, 15) is 4.79 Å². The molecule has 5 nitrogen and oxygen atoms in total. The van der Waals surface area contributed by atoms with E-state index in [1.807, 2.05) is 19.1 Å². The number of hydrogen-bond acceptors (Lipinski definition) is 5. The van der Waals surface area contributed by atoms with Crippen LogP contribution in [-0.4, -0.2) is 10.9 Å². The number of aromatic nitrogens is 1. The largest absolute Gasteiger partial charge is 0.462 e. The summed E-state index contributed by atoms with van der Waals surface area (Å²) >= 11 is 4.67. The smallest absolute Gasteiger partial charge is 0.287 e. The normalized spacial score (nSPS) is 10.8. The molecule has 0 atom stereocenters. The van der Waals surface area contributed by atoms with Crippen molar-refractivity contribution in [1.82, 2.24) is 10.3 Å². The van der Waals surface area contributed by atoms with Gasteiger partial charge in [-0.25, -0.2) is 4.98 Å². The van der Waals surface area contributed by atoms with Crippen molar-refractivity contribution in [1.29, 1.82) is 0 Å². The number of rotatable bonds is 4. The number of nitrogens with zero attached hydrogens (tertiary/aromatic N) is 1. The molecule has 0 aliphatic carbocycles. The molecule has 1 N–H and O–H groups in total. The molecule has 0 bridgehead atoms. The molecule has 21 heavy (non-hydrogen) atoms. The van der Waals surface area contributed by atoms with E-state index >= 15 is 0 Å². The Morgan fingerprint density at radius 1 is 1.43 bits per heavy atom. The van der Waals surface area contributed by atoms with Crippen LogP contribution >= 0.6 is 27.3 Å². The molecule has 3 aromatic heterocycles. The van der Waals surface area contributed by atoms with Gasteiger partial charge >= 0.3 is 0 Å². The Morgan fingerprint density at radius 3 is 2.95 bits per heavy atom. The highest BCUT2D eigenvalue weighted by molar-refractivity contribution is 9.10. The molecule has 1 amide bonds. The highest BCUT2D eigenvalue weighted by atomic mass is 79.9. The van der Waals surface area contributed by atoms with Crippen LogP contribution < -0.4 is 5.32 Å². The van der Waals surface area contributed by atoms with Crippen molar-refractivity contribution in [2.75, 3.05) is 0 Å². The summed E-state index contributed by atoms with van der Waals surface area (Å²) in [6, 6.07) is 6.98. The zero-order valence-corrected chi connectivity index (χ0v) is 13.5. The van der Waals surface area contributed by atoms with Crippen molar-refractivity contribution in [2.45, 2.75) is 13.5 Å². The molecule has 3 heterocycles. The van der Waals surface area contributed by atoms with Gasteiger partial charge in [-0.2, -0.15) is 0 Å². The van der Waals surface area contributed by atoms with Gasteiger partial charge in [0, 0.05) is 4.88 Å². The van der Waals surface area contributed by atoms with E-state index in [4.69, 9.17) is 8.83 Å². The maximum absolute atomic E-state index is 11.9. The van der Waals surface area contributed by atoms with Crippen molar-refractivity contribution in [3.63, 3.8) is 0 Å². The van der Waals surface area contributed by atoms with Crippen LogP contribution in [0.4, 0.5) is 0 Å². The molecule has 0 fully saturated rings. The van der Waals surface area contributed by atoms with Gasteiger partial charge in [-0.1, -0.05) is 0 Å². The lowest BCUT2D eigenvalue weighted by atomic mass is 10.3. The molecule has 0 saturated carbocycles. The molecule has 0 saturated heterocycles. The average molecular weight is 367 g/mol. The number of aryl methyl sites for hydroxylation is 1. The van der Waals surface area contributed by atoms with Crippen LogP contribution in [0.15, 0.2) is 44.0 Å². The molecule has 0 radical (unpaired) electrons. The standard InChI is InChI=1S/C14H11BrN2O3S/c1-8-11(21-14(17-8)10-3-2-6-19-10)7-16-13(18)9-4-5-12(15)20-9/h2-6H,7H2,1H3,(H,16,18). The van der Waals surface area contributed by atoms with Crippen LogP contribution in [0, 0.1) is 6.92 Å². The summed E-state index contributed by atoms with van der Waals surface area (Å²) in [4.78, 5) is 17.4. The molecule has 0 spiro atoms. The number of hydrogen-bond donors (Lipinski definition) is 1. The minimum absolute atomic E-state index is 0.256. The third kappa shape index (κ3) is 3.08. The number of furan rings is 2. The third-order valence-corrected chi connectivity index (χ3v) is 4.43. The van der Waals surface area contributed by atoms with Crippen molar-refractivity contribution in [3.8, 4) is 10.8 Å². The number of carbonyl (C=O) groups is 1. The first kappa shape index (κ1) is 14.1. The fourth-order valence-corrected chi connectivity index (χ4v) is 3.06. The number of amides is 1. The first-order valence-corrected chi connectivity index (χ1v) is 7.78. The SMILES string of the molecule is Cc1nc(-c2ccco2)sc1CNC(=O)c1ccc(Br)o1. The second kappa shape index (κ2) is 5.87. The summed E-state index contributed by atoms with van der Waals surface area (Å²) in [6.45, 7) is 2.31. The van der Waals surface area contributed by atoms with Crippen LogP contribution in [0.25, 0.3) is 10.8 Å². The van der Waals surface area contributed by atoms with Gasteiger partial charge in [-0.3, -0.25) is 4.79 Å². The second-order valence-electron chi connectivity index (χ2n) is 4.29. The van der Waals surface area contributed by atoms with Crippen molar-refractivity contribution in [2.24, 2.45) is 0 Å². The summed E-state index contributed by atoms with van der Waals surface area (Å²) in [5.74, 6) is 0.749. The van der Waals surface area contributed by atoms with Gasteiger partial charge in [0.15, 0.2) is 21.2 Å². The Morgan fingerprint density at radius 2 is 2.29 bits per heavy atom. The predicted octanol–water partition coefficient (Wildman–Crippen LogP) is 4.00. The number of carbonyl (C=O) groups excluding carboxylic acids is 1. The van der Waals surface area contributed by atoms with E-state index in [2.05, 4.69) is 26.2 Å². The number of nitrogens with one attached hydrogen (secondary N) is 1. The van der Waals surface area contributed by atoms with Crippen LogP contribution in [0.5, 0.6) is 0 Å². The Hall–Kier alpha value is -1.86. The summed E-state index contributed by atoms with van der Waals surface area (Å²) < 4.78 is 11.1. The minimum Gasteiger partial charge on any atom is -0.462 e. The van der Waals surface area contributed by atoms with Gasteiger partial charge in [-0.15, -0.1) is 11.3 Å². The van der Waals surface area contributed by atoms with Crippen LogP contribution in [0.3, 0.4) is 0 Å². The van der Waals surface area contributed by atoms with Crippen molar-refractivity contribution in [3.05, 3.63) is 51.5 Å². The van der Waals surface area contributed by atoms with Gasteiger partial charge < -0.3 is 14.2 Å². The maximum atomic E-state index is 11.9. The Labute approximate surface area is 133 Å². The van der Waals surface area contributed by atoms with Crippen molar-refractivity contribution >= 4 is 33.2 Å². The monoisotopic (exact) mass is 366 g/mol. The lowest BCUT2D eigenvalue weighted by Gasteiger charge is -2.01. The lowest BCUT2D eigenvalue weighted by Crippen LogP contribution is -2.22. The quantitative estimate of drug-likeness (QED) is 0.757. The van der Waals surface area contributed by atoms with Gasteiger partial charge in [0.05, 0.1) is 18.5 Å². The molecular formula is C14H11BrN2O3S. The van der Waals surface area contributed by atoms with Crippen LogP contribution in [-0.2, 0) is 6.54 Å². The van der Waals surface area contributed by atoms with Gasteiger partial charge in [-0.05, 0) is 47.1 Å². The summed E-state index contributed by atoms with van der Waals surface area (Å²) in [5, 5.41) is 3.62. The summed E-state index contributed by atoms with van der Waals surface area (Å²) in [7, 11) is 0.